The van der Waals surface area contributed by atoms with Crippen molar-refractivity contribution in [3.8, 4) is 0 Å². The van der Waals surface area contributed by atoms with E-state index >= 15 is 0 Å². The molecule has 0 spiro atoms. The summed E-state index contributed by atoms with van der Waals surface area (Å²) in [5.74, 6) is 0.363. The molecule has 1 heterocycles. The molecular formula is C6H7LiO3S. The fraction of sp³-hybridized carbons (Fsp3) is 0.500. The molecular weight excluding hydrogens is 159 g/mol. The van der Waals surface area contributed by atoms with Crippen LogP contribution in [0, 0.1) is 0 Å². The molecule has 5 heteroatoms. The maximum atomic E-state index is 10.8. The smallest absolute Gasteiger partial charge is 0.875 e. The van der Waals surface area contributed by atoms with E-state index in [0.717, 1.165) is 0 Å². The molecule has 0 atom stereocenters. The molecule has 0 aromatic heterocycles. The van der Waals surface area contributed by atoms with Crippen LogP contribution in [0.4, 0.5) is 0 Å². The van der Waals surface area contributed by atoms with Gasteiger partial charge in [0.1, 0.15) is 0 Å². The Morgan fingerprint density at radius 1 is 1.64 bits per heavy atom. The van der Waals surface area contributed by atoms with E-state index in [4.69, 9.17) is 0 Å². The Bertz CT molecular complexity index is 190. The van der Waals surface area contributed by atoms with Crippen molar-refractivity contribution < 1.29 is 33.5 Å². The van der Waals surface area contributed by atoms with Gasteiger partial charge in [0.2, 0.25) is 0 Å². The van der Waals surface area contributed by atoms with Crippen molar-refractivity contribution in [3.63, 3.8) is 0 Å². The van der Waals surface area contributed by atoms with Crippen LogP contribution in [0.1, 0.15) is 0 Å². The number of hydrogen-bond acceptors (Lipinski definition) is 4. The molecule has 1 rings (SSSR count). The first-order chi connectivity index (χ1) is 4.75. The second-order valence-corrected chi connectivity index (χ2v) is 2.87. The second-order valence-electron chi connectivity index (χ2n) is 1.89. The third-order valence-electron chi connectivity index (χ3n) is 1.25. The van der Waals surface area contributed by atoms with Crippen molar-refractivity contribution in [2.75, 3.05) is 18.6 Å². The number of esters is 1. The van der Waals surface area contributed by atoms with Gasteiger partial charge < -0.3 is 9.84 Å². The first kappa shape index (κ1) is 11.0. The van der Waals surface area contributed by atoms with Gasteiger partial charge in [-0.2, -0.15) is 11.8 Å². The molecule has 1 aliphatic heterocycles. The molecule has 0 unspecified atom stereocenters. The van der Waals surface area contributed by atoms with Crippen LogP contribution in [0.2, 0.25) is 0 Å². The molecule has 0 saturated heterocycles. The minimum absolute atomic E-state index is 0. The van der Waals surface area contributed by atoms with E-state index < -0.39 is 5.97 Å². The predicted octanol–water partition coefficient (Wildman–Crippen LogP) is -3.48. The van der Waals surface area contributed by atoms with Crippen LogP contribution in [0.25, 0.3) is 0 Å². The molecule has 0 amide bonds. The molecule has 56 valence electrons. The van der Waals surface area contributed by atoms with Crippen molar-refractivity contribution in [3.05, 3.63) is 11.3 Å². The molecule has 0 bridgehead atoms. The van der Waals surface area contributed by atoms with E-state index in [0.29, 0.717) is 17.1 Å². The van der Waals surface area contributed by atoms with Crippen LogP contribution in [-0.4, -0.2) is 24.6 Å². The summed E-state index contributed by atoms with van der Waals surface area (Å²) in [6.07, 6.45) is 0. The zero-order chi connectivity index (χ0) is 7.56. The van der Waals surface area contributed by atoms with Gasteiger partial charge in [-0.05, 0) is 0 Å². The molecule has 0 aliphatic carbocycles. The Morgan fingerprint density at radius 3 is 2.64 bits per heavy atom. The first-order valence-electron chi connectivity index (χ1n) is 2.81. The van der Waals surface area contributed by atoms with Gasteiger partial charge in [-0.25, -0.2) is 4.79 Å². The molecule has 0 fully saturated rings. The number of methoxy groups -OCH3 is 1. The Morgan fingerprint density at radius 2 is 2.27 bits per heavy atom. The van der Waals surface area contributed by atoms with Gasteiger partial charge in [0.05, 0.1) is 7.11 Å². The number of carbonyl (C=O) groups is 1. The zero-order valence-corrected chi connectivity index (χ0v) is 7.36. The molecule has 11 heavy (non-hydrogen) atoms. The van der Waals surface area contributed by atoms with Crippen molar-refractivity contribution >= 4 is 17.7 Å². The normalized spacial score (nSPS) is 16.1. The Kier molecular flexibility index (Phi) is 4.74. The number of rotatable bonds is 1. The van der Waals surface area contributed by atoms with Gasteiger partial charge in [-0.15, -0.1) is 5.76 Å². The number of hydrogen-bond donors (Lipinski definition) is 0. The summed E-state index contributed by atoms with van der Waals surface area (Å²) in [7, 11) is 1.28. The van der Waals surface area contributed by atoms with Crippen LogP contribution in [0.15, 0.2) is 11.3 Å². The molecule has 0 aromatic rings. The van der Waals surface area contributed by atoms with E-state index in [1.54, 1.807) is 0 Å². The molecule has 0 N–H and O–H groups in total. The van der Waals surface area contributed by atoms with Gasteiger partial charge in [-0.1, -0.05) is 0 Å². The Hall–Kier alpha value is -0.0426. The van der Waals surface area contributed by atoms with Crippen molar-refractivity contribution in [2.45, 2.75) is 0 Å². The average Bonchev–Trinajstić information content (AvgIpc) is 2.34. The third kappa shape index (κ3) is 2.48. The van der Waals surface area contributed by atoms with E-state index in [9.17, 15) is 9.90 Å². The van der Waals surface area contributed by atoms with Crippen LogP contribution in [-0.2, 0) is 9.53 Å². The van der Waals surface area contributed by atoms with E-state index in [-0.39, 0.29) is 24.6 Å². The van der Waals surface area contributed by atoms with Crippen LogP contribution in [0.3, 0.4) is 0 Å². The number of ether oxygens (including phenoxy) is 1. The monoisotopic (exact) mass is 166 g/mol. The first-order valence-corrected chi connectivity index (χ1v) is 3.96. The van der Waals surface area contributed by atoms with Crippen molar-refractivity contribution in [1.82, 2.24) is 0 Å². The molecule has 0 aromatic carbocycles. The van der Waals surface area contributed by atoms with Crippen molar-refractivity contribution in [2.24, 2.45) is 0 Å². The topological polar surface area (TPSA) is 49.4 Å². The van der Waals surface area contributed by atoms with Gasteiger partial charge in [0.25, 0.3) is 0 Å². The van der Waals surface area contributed by atoms with E-state index in [1.807, 2.05) is 0 Å². The Balaban J connectivity index is 0.000001000. The largest absolute Gasteiger partial charge is 1.00 e. The summed E-state index contributed by atoms with van der Waals surface area (Å²) in [6, 6.07) is 0. The van der Waals surface area contributed by atoms with E-state index in [2.05, 4.69) is 4.74 Å². The average molecular weight is 166 g/mol. The summed E-state index contributed by atoms with van der Waals surface area (Å²) in [4.78, 5) is 10.7. The fourth-order valence-corrected chi connectivity index (χ4v) is 1.65. The van der Waals surface area contributed by atoms with Crippen LogP contribution < -0.4 is 24.0 Å². The summed E-state index contributed by atoms with van der Waals surface area (Å²) >= 11 is 1.45. The molecule has 0 saturated carbocycles. The maximum Gasteiger partial charge on any atom is 1.00 e. The summed E-state index contributed by atoms with van der Waals surface area (Å²) < 4.78 is 4.39. The fourth-order valence-electron chi connectivity index (χ4n) is 0.709. The van der Waals surface area contributed by atoms with Gasteiger partial charge in [0.15, 0.2) is 0 Å². The summed E-state index contributed by atoms with van der Waals surface area (Å²) in [5, 5.41) is 10.8. The van der Waals surface area contributed by atoms with Gasteiger partial charge >= 0.3 is 24.8 Å². The Labute approximate surface area is 81.4 Å². The molecule has 3 nitrogen and oxygen atoms in total. The predicted molar refractivity (Wildman–Crippen MR) is 36.4 cm³/mol. The van der Waals surface area contributed by atoms with Crippen molar-refractivity contribution in [1.29, 1.82) is 0 Å². The maximum absolute atomic E-state index is 10.8. The quantitative estimate of drug-likeness (QED) is 0.300. The van der Waals surface area contributed by atoms with Gasteiger partial charge in [-0.3, -0.25) is 0 Å². The molecule has 1 aliphatic rings. The minimum atomic E-state index is -0.477. The van der Waals surface area contributed by atoms with Crippen LogP contribution in [0.5, 0.6) is 0 Å². The molecule has 0 radical (unpaired) electrons. The number of carbonyl (C=O) groups excluding carboxylic acids is 1. The van der Waals surface area contributed by atoms with E-state index in [1.165, 1.54) is 18.9 Å². The summed E-state index contributed by atoms with van der Waals surface area (Å²) in [5.41, 5.74) is 0.299. The minimum Gasteiger partial charge on any atom is -0.875 e. The zero-order valence-electron chi connectivity index (χ0n) is 6.55. The summed E-state index contributed by atoms with van der Waals surface area (Å²) in [6.45, 7) is 0. The standard InChI is InChI=1S/C6H8O3S.Li/c1-9-6(8)4-2-10-3-5(4)7;/h7H,2-3H2,1H3;/q;+1/p-1. The van der Waals surface area contributed by atoms with Gasteiger partial charge in [0, 0.05) is 17.1 Å². The SMILES string of the molecule is COC(=O)C1=C([O-])CSC1.[Li+]. The third-order valence-corrected chi connectivity index (χ3v) is 2.21. The van der Waals surface area contributed by atoms with Crippen LogP contribution >= 0.6 is 11.8 Å². The number of thioether (sulfide) groups is 1. The second kappa shape index (κ2) is 4.76.